The molecule has 16 heavy (non-hydrogen) atoms. The summed E-state index contributed by atoms with van der Waals surface area (Å²) in [6, 6.07) is 7.70. The van der Waals surface area contributed by atoms with Gasteiger partial charge in [-0.3, -0.25) is 0 Å². The second-order valence-electron chi connectivity index (χ2n) is 3.47. The van der Waals surface area contributed by atoms with Crippen LogP contribution in [-0.2, 0) is 13.7 Å². The fourth-order valence-electron chi connectivity index (χ4n) is 1.26. The van der Waals surface area contributed by atoms with Gasteiger partial charge in [0.1, 0.15) is 18.2 Å². The minimum absolute atomic E-state index is 0.430. The lowest BCUT2D eigenvalue weighted by atomic mass is 10.3. The zero-order chi connectivity index (χ0) is 11.5. The van der Waals surface area contributed by atoms with E-state index in [9.17, 15) is 0 Å². The summed E-state index contributed by atoms with van der Waals surface area (Å²) in [6.45, 7) is 2.34. The highest BCUT2D eigenvalue weighted by atomic mass is 79.9. The SMILES string of the molecule is Cc1nnc(COc2ccc(Br)cc2)n1C. The van der Waals surface area contributed by atoms with Crippen LogP contribution >= 0.6 is 15.9 Å². The number of benzene rings is 1. The lowest BCUT2D eigenvalue weighted by Crippen LogP contribution is -2.04. The van der Waals surface area contributed by atoms with Crippen molar-refractivity contribution in [1.29, 1.82) is 0 Å². The number of hydrogen-bond donors (Lipinski definition) is 0. The summed E-state index contributed by atoms with van der Waals surface area (Å²) < 4.78 is 8.55. The van der Waals surface area contributed by atoms with Gasteiger partial charge in [0.15, 0.2) is 5.82 Å². The van der Waals surface area contributed by atoms with Gasteiger partial charge in [-0.05, 0) is 31.2 Å². The average Bonchev–Trinajstić information content (AvgIpc) is 2.60. The molecule has 0 saturated heterocycles. The first-order valence-electron chi connectivity index (χ1n) is 4.90. The standard InChI is InChI=1S/C11H12BrN3O/c1-8-13-14-11(15(8)2)7-16-10-5-3-9(12)4-6-10/h3-6H,7H2,1-2H3. The quantitative estimate of drug-likeness (QED) is 0.868. The highest BCUT2D eigenvalue weighted by molar-refractivity contribution is 9.10. The maximum atomic E-state index is 5.60. The predicted molar refractivity (Wildman–Crippen MR) is 64.2 cm³/mol. The van der Waals surface area contributed by atoms with E-state index in [1.54, 1.807) is 0 Å². The third kappa shape index (κ3) is 2.41. The van der Waals surface area contributed by atoms with Gasteiger partial charge >= 0.3 is 0 Å². The second-order valence-corrected chi connectivity index (χ2v) is 4.38. The Balaban J connectivity index is 2.02. The van der Waals surface area contributed by atoms with Gasteiger partial charge in [-0.25, -0.2) is 0 Å². The van der Waals surface area contributed by atoms with Crippen molar-refractivity contribution in [2.24, 2.45) is 7.05 Å². The molecule has 2 rings (SSSR count). The Morgan fingerprint density at radius 3 is 2.50 bits per heavy atom. The largest absolute Gasteiger partial charge is 0.486 e. The highest BCUT2D eigenvalue weighted by Crippen LogP contribution is 2.16. The zero-order valence-electron chi connectivity index (χ0n) is 9.14. The lowest BCUT2D eigenvalue weighted by Gasteiger charge is -2.05. The smallest absolute Gasteiger partial charge is 0.170 e. The van der Waals surface area contributed by atoms with E-state index in [-0.39, 0.29) is 0 Å². The molecule has 0 spiro atoms. The third-order valence-electron chi connectivity index (χ3n) is 2.36. The van der Waals surface area contributed by atoms with Crippen LogP contribution in [0.4, 0.5) is 0 Å². The molecule has 0 saturated carbocycles. The Morgan fingerprint density at radius 2 is 1.94 bits per heavy atom. The molecule has 1 aromatic heterocycles. The number of halogens is 1. The van der Waals surface area contributed by atoms with Crippen molar-refractivity contribution in [3.05, 3.63) is 40.4 Å². The Labute approximate surface area is 102 Å². The van der Waals surface area contributed by atoms with Crippen molar-refractivity contribution >= 4 is 15.9 Å². The molecule has 0 bridgehead atoms. The number of nitrogens with zero attached hydrogens (tertiary/aromatic N) is 3. The molecule has 0 amide bonds. The molecule has 0 aliphatic rings. The van der Waals surface area contributed by atoms with Gasteiger partial charge < -0.3 is 9.30 Å². The van der Waals surface area contributed by atoms with Crippen LogP contribution in [0.1, 0.15) is 11.6 Å². The van der Waals surface area contributed by atoms with Crippen LogP contribution < -0.4 is 4.74 Å². The molecule has 0 fully saturated rings. The molecule has 0 unspecified atom stereocenters. The van der Waals surface area contributed by atoms with Gasteiger partial charge in [-0.15, -0.1) is 10.2 Å². The molecule has 2 aromatic rings. The summed E-state index contributed by atoms with van der Waals surface area (Å²) >= 11 is 3.37. The molecule has 0 aliphatic heterocycles. The lowest BCUT2D eigenvalue weighted by molar-refractivity contribution is 0.291. The van der Waals surface area contributed by atoms with Crippen molar-refractivity contribution in [3.8, 4) is 5.75 Å². The second kappa shape index (κ2) is 4.65. The van der Waals surface area contributed by atoms with E-state index in [2.05, 4.69) is 26.1 Å². The number of aromatic nitrogens is 3. The molecule has 5 heteroatoms. The van der Waals surface area contributed by atoms with Crippen LogP contribution in [-0.4, -0.2) is 14.8 Å². The van der Waals surface area contributed by atoms with E-state index in [0.29, 0.717) is 6.61 Å². The van der Waals surface area contributed by atoms with Crippen LogP contribution in [0.2, 0.25) is 0 Å². The molecular weight excluding hydrogens is 270 g/mol. The van der Waals surface area contributed by atoms with Gasteiger partial charge in [0.25, 0.3) is 0 Å². The van der Waals surface area contributed by atoms with Gasteiger partial charge in [0.05, 0.1) is 0 Å². The van der Waals surface area contributed by atoms with Crippen LogP contribution in [0.5, 0.6) is 5.75 Å². The molecule has 0 atom stereocenters. The van der Waals surface area contributed by atoms with E-state index in [0.717, 1.165) is 21.9 Å². The van der Waals surface area contributed by atoms with Gasteiger partial charge in [-0.2, -0.15) is 0 Å². The number of hydrogen-bond acceptors (Lipinski definition) is 3. The number of aryl methyl sites for hydroxylation is 1. The minimum atomic E-state index is 0.430. The number of rotatable bonds is 3. The van der Waals surface area contributed by atoms with Crippen molar-refractivity contribution in [2.75, 3.05) is 0 Å². The van der Waals surface area contributed by atoms with Crippen LogP contribution in [0.25, 0.3) is 0 Å². The first-order chi connectivity index (χ1) is 7.66. The fraction of sp³-hybridized carbons (Fsp3) is 0.273. The molecule has 0 aliphatic carbocycles. The van der Waals surface area contributed by atoms with Gasteiger partial charge in [0.2, 0.25) is 0 Å². The first kappa shape index (κ1) is 11.1. The monoisotopic (exact) mass is 281 g/mol. The van der Waals surface area contributed by atoms with Crippen molar-refractivity contribution in [1.82, 2.24) is 14.8 Å². The molecule has 0 radical (unpaired) electrons. The summed E-state index contributed by atoms with van der Waals surface area (Å²) in [7, 11) is 1.93. The summed E-state index contributed by atoms with van der Waals surface area (Å²) in [5.41, 5.74) is 0. The van der Waals surface area contributed by atoms with E-state index in [4.69, 9.17) is 4.74 Å². The molecular formula is C11H12BrN3O. The maximum absolute atomic E-state index is 5.60. The van der Waals surface area contributed by atoms with Crippen molar-refractivity contribution in [3.63, 3.8) is 0 Å². The Morgan fingerprint density at radius 1 is 1.25 bits per heavy atom. The zero-order valence-corrected chi connectivity index (χ0v) is 10.7. The average molecular weight is 282 g/mol. The van der Waals surface area contributed by atoms with Gasteiger partial charge in [-0.1, -0.05) is 15.9 Å². The first-order valence-corrected chi connectivity index (χ1v) is 5.69. The van der Waals surface area contributed by atoms with Gasteiger partial charge in [0, 0.05) is 11.5 Å². The molecule has 0 N–H and O–H groups in total. The minimum Gasteiger partial charge on any atom is -0.486 e. The Hall–Kier alpha value is -1.36. The fourth-order valence-corrected chi connectivity index (χ4v) is 1.52. The van der Waals surface area contributed by atoms with E-state index >= 15 is 0 Å². The summed E-state index contributed by atoms with van der Waals surface area (Å²) in [5, 5.41) is 7.99. The third-order valence-corrected chi connectivity index (χ3v) is 2.89. The van der Waals surface area contributed by atoms with Crippen LogP contribution in [0.15, 0.2) is 28.7 Å². The van der Waals surface area contributed by atoms with E-state index in [1.165, 1.54) is 0 Å². The van der Waals surface area contributed by atoms with Crippen LogP contribution in [0, 0.1) is 6.92 Å². The molecule has 1 aromatic carbocycles. The summed E-state index contributed by atoms with van der Waals surface area (Å²) in [5.74, 6) is 2.53. The Kier molecular flexibility index (Phi) is 3.24. The van der Waals surface area contributed by atoms with Crippen LogP contribution in [0.3, 0.4) is 0 Å². The molecule has 1 heterocycles. The molecule has 84 valence electrons. The highest BCUT2D eigenvalue weighted by Gasteiger charge is 2.05. The number of ether oxygens (including phenoxy) is 1. The topological polar surface area (TPSA) is 39.9 Å². The van der Waals surface area contributed by atoms with Crippen molar-refractivity contribution < 1.29 is 4.74 Å². The molecule has 4 nitrogen and oxygen atoms in total. The van der Waals surface area contributed by atoms with E-state index < -0.39 is 0 Å². The van der Waals surface area contributed by atoms with Crippen molar-refractivity contribution in [2.45, 2.75) is 13.5 Å². The Bertz CT molecular complexity index is 478. The summed E-state index contributed by atoms with van der Waals surface area (Å²) in [4.78, 5) is 0. The maximum Gasteiger partial charge on any atom is 0.170 e. The van der Waals surface area contributed by atoms with E-state index in [1.807, 2.05) is 42.8 Å². The normalized spacial score (nSPS) is 10.4. The summed E-state index contributed by atoms with van der Waals surface area (Å²) in [6.07, 6.45) is 0. The predicted octanol–water partition coefficient (Wildman–Crippen LogP) is 2.47.